The first-order valence-electron chi connectivity index (χ1n) is 4.38. The van der Waals surface area contributed by atoms with Gasteiger partial charge in [0.1, 0.15) is 0 Å². The van der Waals surface area contributed by atoms with Crippen molar-refractivity contribution >= 4 is 22.5 Å². The molecule has 0 saturated carbocycles. The summed E-state index contributed by atoms with van der Waals surface area (Å²) >= 11 is 3.98. The highest BCUT2D eigenvalue weighted by Crippen LogP contribution is 2.10. The molecule has 4 heteroatoms. The standard InChI is InChI=1S/C11H12O2S2/c1-15(12,13)9-11-6-3-2-5-10(11)7-4-8-14/h2-3,5-6,14H,8-9H2,1H3. The maximum atomic E-state index is 11.2. The van der Waals surface area contributed by atoms with Gasteiger partial charge in [-0.25, -0.2) is 8.42 Å². The van der Waals surface area contributed by atoms with Crippen molar-refractivity contribution in [1.82, 2.24) is 0 Å². The van der Waals surface area contributed by atoms with Crippen molar-refractivity contribution in [2.45, 2.75) is 5.75 Å². The zero-order valence-corrected chi connectivity index (χ0v) is 10.1. The molecule has 0 heterocycles. The van der Waals surface area contributed by atoms with Crippen LogP contribution in [0.25, 0.3) is 0 Å². The van der Waals surface area contributed by atoms with E-state index in [4.69, 9.17) is 0 Å². The van der Waals surface area contributed by atoms with E-state index in [1.165, 1.54) is 6.26 Å². The molecule has 15 heavy (non-hydrogen) atoms. The fourth-order valence-electron chi connectivity index (χ4n) is 1.19. The van der Waals surface area contributed by atoms with Crippen LogP contribution in [-0.4, -0.2) is 20.4 Å². The van der Waals surface area contributed by atoms with Gasteiger partial charge in [0, 0.05) is 11.8 Å². The lowest BCUT2D eigenvalue weighted by molar-refractivity contribution is 0.601. The molecule has 2 nitrogen and oxygen atoms in total. The zero-order chi connectivity index (χ0) is 11.3. The van der Waals surface area contributed by atoms with Gasteiger partial charge in [-0.2, -0.15) is 12.6 Å². The zero-order valence-electron chi connectivity index (χ0n) is 8.40. The summed E-state index contributed by atoms with van der Waals surface area (Å²) in [6.07, 6.45) is 1.22. The Labute approximate surface area is 96.0 Å². The van der Waals surface area contributed by atoms with E-state index in [2.05, 4.69) is 24.5 Å². The highest BCUT2D eigenvalue weighted by molar-refractivity contribution is 7.89. The molecular formula is C11H12O2S2. The summed E-state index contributed by atoms with van der Waals surface area (Å²) in [4.78, 5) is 0. The fourth-order valence-corrected chi connectivity index (χ4v) is 2.08. The molecule has 0 fully saturated rings. The normalized spacial score (nSPS) is 10.5. The van der Waals surface area contributed by atoms with Gasteiger partial charge in [0.15, 0.2) is 9.84 Å². The monoisotopic (exact) mass is 240 g/mol. The van der Waals surface area contributed by atoms with E-state index in [-0.39, 0.29) is 5.75 Å². The van der Waals surface area contributed by atoms with Crippen LogP contribution >= 0.6 is 12.6 Å². The van der Waals surface area contributed by atoms with E-state index in [9.17, 15) is 8.42 Å². The molecule has 0 aliphatic heterocycles. The van der Waals surface area contributed by atoms with Gasteiger partial charge in [-0.1, -0.05) is 30.0 Å². The summed E-state index contributed by atoms with van der Waals surface area (Å²) in [5.41, 5.74) is 1.51. The van der Waals surface area contributed by atoms with Crippen LogP contribution < -0.4 is 0 Å². The molecule has 0 unspecified atom stereocenters. The number of sulfone groups is 1. The van der Waals surface area contributed by atoms with Gasteiger partial charge in [0.25, 0.3) is 0 Å². The molecule has 0 saturated heterocycles. The molecule has 1 aromatic rings. The summed E-state index contributed by atoms with van der Waals surface area (Å²) < 4.78 is 22.3. The van der Waals surface area contributed by atoms with Gasteiger partial charge >= 0.3 is 0 Å². The molecule has 0 radical (unpaired) electrons. The number of hydrogen-bond donors (Lipinski definition) is 1. The fraction of sp³-hybridized carbons (Fsp3) is 0.273. The molecule has 0 amide bonds. The second kappa shape index (κ2) is 5.24. The van der Waals surface area contributed by atoms with Crippen LogP contribution in [0.4, 0.5) is 0 Å². The van der Waals surface area contributed by atoms with Gasteiger partial charge in [0.2, 0.25) is 0 Å². The van der Waals surface area contributed by atoms with Crippen molar-refractivity contribution in [1.29, 1.82) is 0 Å². The third-order valence-corrected chi connectivity index (χ3v) is 2.73. The Kier molecular flexibility index (Phi) is 4.25. The Morgan fingerprint density at radius 1 is 1.33 bits per heavy atom. The maximum absolute atomic E-state index is 11.2. The predicted molar refractivity (Wildman–Crippen MR) is 65.7 cm³/mol. The van der Waals surface area contributed by atoms with E-state index in [1.54, 1.807) is 6.07 Å². The minimum Gasteiger partial charge on any atom is -0.229 e. The molecular weight excluding hydrogens is 228 g/mol. The predicted octanol–water partition coefficient (Wildman–Crippen LogP) is 1.51. The molecule has 1 rings (SSSR count). The molecule has 80 valence electrons. The third-order valence-electron chi connectivity index (χ3n) is 1.74. The maximum Gasteiger partial charge on any atom is 0.151 e. The van der Waals surface area contributed by atoms with Crippen molar-refractivity contribution in [3.8, 4) is 11.8 Å². The Morgan fingerprint density at radius 2 is 2.00 bits per heavy atom. The van der Waals surface area contributed by atoms with Crippen LogP contribution in [0.1, 0.15) is 11.1 Å². The van der Waals surface area contributed by atoms with E-state index in [0.29, 0.717) is 5.75 Å². The lowest BCUT2D eigenvalue weighted by Crippen LogP contribution is -2.02. The van der Waals surface area contributed by atoms with Crippen LogP contribution in [0.5, 0.6) is 0 Å². The second-order valence-corrected chi connectivity index (χ2v) is 5.64. The van der Waals surface area contributed by atoms with Crippen molar-refractivity contribution in [2.75, 3.05) is 12.0 Å². The van der Waals surface area contributed by atoms with E-state index < -0.39 is 9.84 Å². The second-order valence-electron chi connectivity index (χ2n) is 3.19. The van der Waals surface area contributed by atoms with Crippen molar-refractivity contribution in [2.24, 2.45) is 0 Å². The molecule has 0 spiro atoms. The van der Waals surface area contributed by atoms with E-state index in [0.717, 1.165) is 11.1 Å². The first kappa shape index (κ1) is 12.2. The molecule has 0 aliphatic carbocycles. The largest absolute Gasteiger partial charge is 0.229 e. The van der Waals surface area contributed by atoms with Gasteiger partial charge < -0.3 is 0 Å². The smallest absolute Gasteiger partial charge is 0.151 e. The lowest BCUT2D eigenvalue weighted by atomic mass is 10.1. The highest BCUT2D eigenvalue weighted by atomic mass is 32.2. The number of benzene rings is 1. The minimum atomic E-state index is -3.01. The average Bonchev–Trinajstić information content (AvgIpc) is 2.14. The first-order valence-corrected chi connectivity index (χ1v) is 7.07. The molecule has 0 atom stereocenters. The summed E-state index contributed by atoms with van der Waals surface area (Å²) in [5.74, 6) is 6.20. The Bertz CT molecular complexity index is 493. The summed E-state index contributed by atoms with van der Waals surface area (Å²) in [7, 11) is -3.01. The molecule has 0 aromatic heterocycles. The topological polar surface area (TPSA) is 34.1 Å². The van der Waals surface area contributed by atoms with E-state index in [1.807, 2.05) is 18.2 Å². The van der Waals surface area contributed by atoms with Crippen LogP contribution in [0, 0.1) is 11.8 Å². The molecule has 0 N–H and O–H groups in total. The summed E-state index contributed by atoms with van der Waals surface area (Å²) in [6, 6.07) is 7.25. The Morgan fingerprint density at radius 3 is 2.60 bits per heavy atom. The third kappa shape index (κ3) is 4.41. The Balaban J connectivity index is 3.07. The average molecular weight is 240 g/mol. The van der Waals surface area contributed by atoms with Crippen LogP contribution in [0.2, 0.25) is 0 Å². The SMILES string of the molecule is CS(=O)(=O)Cc1ccccc1C#CCS. The van der Waals surface area contributed by atoms with Crippen LogP contribution in [0.3, 0.4) is 0 Å². The number of thiol groups is 1. The molecule has 0 aliphatic rings. The number of hydrogen-bond acceptors (Lipinski definition) is 3. The van der Waals surface area contributed by atoms with Gasteiger partial charge in [0.05, 0.1) is 11.5 Å². The van der Waals surface area contributed by atoms with Gasteiger partial charge in [-0.05, 0) is 11.6 Å². The van der Waals surface area contributed by atoms with Crippen LogP contribution in [0.15, 0.2) is 24.3 Å². The van der Waals surface area contributed by atoms with E-state index >= 15 is 0 Å². The van der Waals surface area contributed by atoms with Gasteiger partial charge in [-0.3, -0.25) is 0 Å². The number of rotatable bonds is 2. The lowest BCUT2D eigenvalue weighted by Gasteiger charge is -2.02. The van der Waals surface area contributed by atoms with Crippen molar-refractivity contribution in [3.63, 3.8) is 0 Å². The molecule has 1 aromatic carbocycles. The van der Waals surface area contributed by atoms with Crippen LogP contribution in [-0.2, 0) is 15.6 Å². The quantitative estimate of drug-likeness (QED) is 0.628. The summed E-state index contributed by atoms with van der Waals surface area (Å²) in [6.45, 7) is 0. The van der Waals surface area contributed by atoms with Crippen molar-refractivity contribution in [3.05, 3.63) is 35.4 Å². The molecule has 0 bridgehead atoms. The van der Waals surface area contributed by atoms with Gasteiger partial charge in [-0.15, -0.1) is 0 Å². The Hall–Kier alpha value is -0.920. The first-order chi connectivity index (χ1) is 7.03. The minimum absolute atomic E-state index is 0.0322. The van der Waals surface area contributed by atoms with Crippen molar-refractivity contribution < 1.29 is 8.42 Å². The summed E-state index contributed by atoms with van der Waals surface area (Å²) in [5, 5.41) is 0. The highest BCUT2D eigenvalue weighted by Gasteiger charge is 2.07.